The average molecular weight is 236 g/mol. The van der Waals surface area contributed by atoms with Crippen LogP contribution in [0.2, 0.25) is 0 Å². The summed E-state index contributed by atoms with van der Waals surface area (Å²) in [5.74, 6) is 0. The van der Waals surface area contributed by atoms with Gasteiger partial charge < -0.3 is 9.47 Å². The Labute approximate surface area is 103 Å². The molecular formula is C14H20O3. The molecule has 3 heteroatoms. The zero-order valence-electron chi connectivity index (χ0n) is 10.7. The third-order valence-electron chi connectivity index (χ3n) is 2.39. The summed E-state index contributed by atoms with van der Waals surface area (Å²) in [6, 6.07) is 10.6. The van der Waals surface area contributed by atoms with Gasteiger partial charge in [0.1, 0.15) is 12.7 Å². The number of carbonyl (C=O) groups is 1. The van der Waals surface area contributed by atoms with Gasteiger partial charge in [-0.25, -0.2) is 0 Å². The summed E-state index contributed by atoms with van der Waals surface area (Å²) in [4.78, 5) is 9.46. The quantitative estimate of drug-likeness (QED) is 0.598. The molecule has 0 radical (unpaired) electrons. The molecule has 1 aromatic rings. The van der Waals surface area contributed by atoms with Gasteiger partial charge in [0, 0.05) is 0 Å². The van der Waals surface area contributed by atoms with Crippen LogP contribution in [-0.4, -0.2) is 25.8 Å². The molecule has 1 unspecified atom stereocenters. The van der Waals surface area contributed by atoms with Gasteiger partial charge in [0.2, 0.25) is 0 Å². The van der Waals surface area contributed by atoms with Gasteiger partial charge in [-0.15, -0.1) is 0 Å². The summed E-state index contributed by atoms with van der Waals surface area (Å²) < 4.78 is 9.08. The van der Waals surface area contributed by atoms with Crippen LogP contribution >= 0.6 is 0 Å². The van der Waals surface area contributed by atoms with Crippen LogP contribution < -0.4 is 0 Å². The van der Waals surface area contributed by atoms with E-state index in [-0.39, 0.29) is 6.10 Å². The second-order valence-electron chi connectivity index (χ2n) is 5.00. The number of rotatable bonds is 3. The maximum Gasteiger partial charge on any atom is 0.293 e. The molecule has 2 rings (SSSR count). The zero-order chi connectivity index (χ0) is 12.7. The van der Waals surface area contributed by atoms with Crippen molar-refractivity contribution in [3.05, 3.63) is 35.9 Å². The van der Waals surface area contributed by atoms with Crippen LogP contribution in [0.15, 0.2) is 30.3 Å². The molecule has 1 fully saturated rings. The molecule has 0 spiro atoms. The number of epoxide rings is 1. The summed E-state index contributed by atoms with van der Waals surface area (Å²) >= 11 is 0. The van der Waals surface area contributed by atoms with Gasteiger partial charge in [-0.05, 0) is 11.0 Å². The minimum atomic E-state index is 0.199. The third kappa shape index (κ3) is 6.07. The summed E-state index contributed by atoms with van der Waals surface area (Å²) in [5, 5.41) is 0. The van der Waals surface area contributed by atoms with Crippen molar-refractivity contribution in [1.29, 1.82) is 0 Å². The first-order valence-electron chi connectivity index (χ1n) is 5.76. The summed E-state index contributed by atoms with van der Waals surface area (Å²) in [5.41, 5.74) is 1.69. The van der Waals surface area contributed by atoms with E-state index in [0.717, 1.165) is 6.61 Å². The first-order valence-corrected chi connectivity index (χ1v) is 5.76. The standard InChI is InChI=1S/C10H14.C4H6O3/c1-10(2,3)9-7-5-4-6-8-9;5-3-6-1-4-2-7-4/h4-8H,1-3H3;3-4H,1-2H2. The molecule has 0 bridgehead atoms. The van der Waals surface area contributed by atoms with Crippen molar-refractivity contribution in [3.8, 4) is 0 Å². The predicted octanol–water partition coefficient (Wildman–Crippen LogP) is 2.54. The van der Waals surface area contributed by atoms with E-state index in [1.165, 1.54) is 5.56 Å². The molecule has 94 valence electrons. The van der Waals surface area contributed by atoms with Crippen LogP contribution in [0.5, 0.6) is 0 Å². The second-order valence-corrected chi connectivity index (χ2v) is 5.00. The first kappa shape index (κ1) is 13.7. The lowest BCUT2D eigenvalue weighted by Gasteiger charge is -2.18. The summed E-state index contributed by atoms with van der Waals surface area (Å²) in [6.07, 6.45) is 0.199. The Morgan fingerprint density at radius 3 is 2.29 bits per heavy atom. The van der Waals surface area contributed by atoms with E-state index in [1.807, 2.05) is 0 Å². The normalized spacial score (nSPS) is 17.7. The Morgan fingerprint density at radius 2 is 1.94 bits per heavy atom. The van der Waals surface area contributed by atoms with Gasteiger partial charge in [0.25, 0.3) is 6.47 Å². The maximum atomic E-state index is 9.46. The topological polar surface area (TPSA) is 38.8 Å². The molecular weight excluding hydrogens is 216 g/mol. The Hall–Kier alpha value is -1.35. The van der Waals surface area contributed by atoms with Crippen LogP contribution in [0.25, 0.3) is 0 Å². The highest BCUT2D eigenvalue weighted by molar-refractivity contribution is 5.36. The zero-order valence-corrected chi connectivity index (χ0v) is 10.7. The highest BCUT2D eigenvalue weighted by Gasteiger charge is 2.22. The van der Waals surface area contributed by atoms with Crippen molar-refractivity contribution in [2.75, 3.05) is 13.2 Å². The SMILES string of the molecule is CC(C)(C)c1ccccc1.O=COCC1CO1. The molecule has 1 aliphatic heterocycles. The smallest absolute Gasteiger partial charge is 0.293 e. The fraction of sp³-hybridized carbons (Fsp3) is 0.500. The molecule has 1 aliphatic rings. The van der Waals surface area contributed by atoms with Crippen LogP contribution in [0.1, 0.15) is 26.3 Å². The van der Waals surface area contributed by atoms with E-state index >= 15 is 0 Å². The minimum absolute atomic E-state index is 0.199. The number of hydrogen-bond donors (Lipinski definition) is 0. The lowest BCUT2D eigenvalue weighted by molar-refractivity contribution is -0.129. The van der Waals surface area contributed by atoms with Gasteiger partial charge in [-0.3, -0.25) is 4.79 Å². The predicted molar refractivity (Wildman–Crippen MR) is 66.9 cm³/mol. The van der Waals surface area contributed by atoms with Crippen LogP contribution in [0.3, 0.4) is 0 Å². The van der Waals surface area contributed by atoms with Crippen molar-refractivity contribution >= 4 is 6.47 Å². The van der Waals surface area contributed by atoms with Gasteiger partial charge in [-0.1, -0.05) is 51.1 Å². The molecule has 0 aliphatic carbocycles. The molecule has 0 saturated carbocycles. The van der Waals surface area contributed by atoms with Crippen molar-refractivity contribution in [1.82, 2.24) is 0 Å². The van der Waals surface area contributed by atoms with Crippen molar-refractivity contribution < 1.29 is 14.3 Å². The van der Waals surface area contributed by atoms with E-state index in [1.54, 1.807) is 0 Å². The maximum absolute atomic E-state index is 9.46. The Balaban J connectivity index is 0.000000181. The minimum Gasteiger partial charge on any atom is -0.465 e. The van der Waals surface area contributed by atoms with Gasteiger partial charge in [-0.2, -0.15) is 0 Å². The second kappa shape index (κ2) is 6.40. The summed E-state index contributed by atoms with van der Waals surface area (Å²) in [6.45, 7) is 8.27. The van der Waals surface area contributed by atoms with Crippen LogP contribution in [-0.2, 0) is 19.7 Å². The van der Waals surface area contributed by atoms with Crippen molar-refractivity contribution in [2.24, 2.45) is 0 Å². The Bertz CT molecular complexity index is 323. The number of ether oxygens (including phenoxy) is 2. The molecule has 1 atom stereocenters. The summed E-state index contributed by atoms with van der Waals surface area (Å²) in [7, 11) is 0. The largest absolute Gasteiger partial charge is 0.465 e. The Kier molecular flexibility index (Phi) is 5.16. The molecule has 0 aromatic heterocycles. The molecule has 0 N–H and O–H groups in total. The molecule has 0 amide bonds. The van der Waals surface area contributed by atoms with Gasteiger partial charge >= 0.3 is 0 Å². The fourth-order valence-electron chi connectivity index (χ4n) is 1.25. The van der Waals surface area contributed by atoms with E-state index in [9.17, 15) is 4.79 Å². The lowest BCUT2D eigenvalue weighted by atomic mass is 9.87. The number of hydrogen-bond acceptors (Lipinski definition) is 3. The molecule has 1 saturated heterocycles. The fourth-order valence-corrected chi connectivity index (χ4v) is 1.25. The van der Waals surface area contributed by atoms with E-state index in [2.05, 4.69) is 55.8 Å². The van der Waals surface area contributed by atoms with Crippen LogP contribution in [0, 0.1) is 0 Å². The highest BCUT2D eigenvalue weighted by Crippen LogP contribution is 2.20. The monoisotopic (exact) mass is 236 g/mol. The first-order chi connectivity index (χ1) is 8.04. The molecule has 17 heavy (non-hydrogen) atoms. The van der Waals surface area contributed by atoms with Crippen LogP contribution in [0.4, 0.5) is 0 Å². The van der Waals surface area contributed by atoms with Crippen molar-refractivity contribution in [3.63, 3.8) is 0 Å². The van der Waals surface area contributed by atoms with Crippen molar-refractivity contribution in [2.45, 2.75) is 32.3 Å². The average Bonchev–Trinajstić information content (AvgIpc) is 3.11. The molecule has 1 aromatic carbocycles. The Morgan fingerprint density at radius 1 is 1.35 bits per heavy atom. The van der Waals surface area contributed by atoms with Gasteiger partial charge in [0.15, 0.2) is 0 Å². The van der Waals surface area contributed by atoms with Gasteiger partial charge in [0.05, 0.1) is 6.61 Å². The molecule has 3 nitrogen and oxygen atoms in total. The van der Waals surface area contributed by atoms with E-state index in [0.29, 0.717) is 18.5 Å². The number of benzene rings is 1. The number of carbonyl (C=O) groups excluding carboxylic acids is 1. The van der Waals surface area contributed by atoms with E-state index in [4.69, 9.17) is 4.74 Å². The van der Waals surface area contributed by atoms with E-state index < -0.39 is 0 Å². The third-order valence-corrected chi connectivity index (χ3v) is 2.39. The lowest BCUT2D eigenvalue weighted by Crippen LogP contribution is -2.10. The highest BCUT2D eigenvalue weighted by atomic mass is 16.6. The molecule has 1 heterocycles.